The van der Waals surface area contributed by atoms with E-state index in [1.807, 2.05) is 6.07 Å². The highest BCUT2D eigenvalue weighted by atomic mass is 16.1. The molecule has 1 fully saturated rings. The van der Waals surface area contributed by atoms with Crippen LogP contribution in [0.3, 0.4) is 0 Å². The normalized spacial score (nSPS) is 16.0. The number of H-pyrrole nitrogens is 1. The van der Waals surface area contributed by atoms with Crippen LogP contribution in [0.4, 0.5) is 0 Å². The van der Waals surface area contributed by atoms with Gasteiger partial charge in [-0.15, -0.1) is 0 Å². The second-order valence-corrected chi connectivity index (χ2v) is 3.76. The van der Waals surface area contributed by atoms with Gasteiger partial charge in [0, 0.05) is 41.0 Å². The van der Waals surface area contributed by atoms with Gasteiger partial charge in [0.05, 0.1) is 0 Å². The van der Waals surface area contributed by atoms with E-state index in [1.54, 1.807) is 18.6 Å². The number of hydrogen-bond donors (Lipinski definition) is 1. The number of ketones is 1. The maximum Gasteiger partial charge on any atom is 0.168 e. The van der Waals surface area contributed by atoms with Crippen molar-refractivity contribution in [3.63, 3.8) is 0 Å². The van der Waals surface area contributed by atoms with Gasteiger partial charge in [0.1, 0.15) is 0 Å². The number of carbonyl (C=O) groups excluding carboxylic acids is 1. The summed E-state index contributed by atoms with van der Waals surface area (Å²) < 4.78 is 0. The van der Waals surface area contributed by atoms with E-state index in [-0.39, 0.29) is 11.7 Å². The smallest absolute Gasteiger partial charge is 0.168 e. The fourth-order valence-electron chi connectivity index (χ4n) is 1.73. The Morgan fingerprint density at radius 3 is 3.14 bits per heavy atom. The fourth-order valence-corrected chi connectivity index (χ4v) is 1.73. The first-order valence-corrected chi connectivity index (χ1v) is 4.81. The zero-order valence-corrected chi connectivity index (χ0v) is 7.66. The van der Waals surface area contributed by atoms with Gasteiger partial charge in [-0.1, -0.05) is 0 Å². The van der Waals surface area contributed by atoms with Crippen molar-refractivity contribution in [1.29, 1.82) is 0 Å². The third kappa shape index (κ3) is 1.05. The molecular weight excluding hydrogens is 176 g/mol. The first-order chi connectivity index (χ1) is 6.86. The molecule has 70 valence electrons. The Bertz CT molecular complexity index is 497. The summed E-state index contributed by atoms with van der Waals surface area (Å²) in [5.41, 5.74) is 1.79. The summed E-state index contributed by atoms with van der Waals surface area (Å²) in [4.78, 5) is 19.0. The molecular formula is C11H10N2O. The average molecular weight is 186 g/mol. The van der Waals surface area contributed by atoms with Crippen LogP contribution in [-0.4, -0.2) is 15.8 Å². The summed E-state index contributed by atoms with van der Waals surface area (Å²) >= 11 is 0. The van der Waals surface area contributed by atoms with Gasteiger partial charge < -0.3 is 4.98 Å². The van der Waals surface area contributed by atoms with Crippen LogP contribution in [0, 0.1) is 5.92 Å². The summed E-state index contributed by atoms with van der Waals surface area (Å²) in [6.07, 6.45) is 7.37. The lowest BCUT2D eigenvalue weighted by Crippen LogP contribution is -1.99. The standard InChI is InChI=1S/C11H10N2O/c14-11(7-1-2-7)9-6-13-10-3-4-12-5-8(9)10/h3-7,13H,1-2H2. The van der Waals surface area contributed by atoms with E-state index in [4.69, 9.17) is 0 Å². The monoisotopic (exact) mass is 186 g/mol. The summed E-state index contributed by atoms with van der Waals surface area (Å²) in [5, 5.41) is 0.949. The number of Topliss-reactive ketones (excluding diaryl/α,β-unsaturated/α-hetero) is 1. The molecule has 0 bridgehead atoms. The van der Waals surface area contributed by atoms with Gasteiger partial charge in [0.15, 0.2) is 5.78 Å². The zero-order valence-electron chi connectivity index (χ0n) is 7.66. The van der Waals surface area contributed by atoms with Crippen LogP contribution < -0.4 is 0 Å². The van der Waals surface area contributed by atoms with Gasteiger partial charge in [-0.25, -0.2) is 0 Å². The molecule has 2 aromatic heterocycles. The van der Waals surface area contributed by atoms with Gasteiger partial charge in [0.2, 0.25) is 0 Å². The van der Waals surface area contributed by atoms with E-state index < -0.39 is 0 Å². The number of aromatic amines is 1. The minimum absolute atomic E-state index is 0.268. The van der Waals surface area contributed by atoms with Crippen molar-refractivity contribution in [1.82, 2.24) is 9.97 Å². The lowest BCUT2D eigenvalue weighted by Gasteiger charge is -1.94. The number of fused-ring (bicyclic) bond motifs is 1. The molecule has 3 nitrogen and oxygen atoms in total. The van der Waals surface area contributed by atoms with Crippen molar-refractivity contribution >= 4 is 16.7 Å². The molecule has 0 radical (unpaired) electrons. The fraction of sp³-hybridized carbons (Fsp3) is 0.273. The number of aromatic nitrogens is 2. The molecule has 0 unspecified atom stereocenters. The minimum atomic E-state index is 0.268. The highest BCUT2D eigenvalue weighted by Gasteiger charge is 2.31. The molecule has 0 aliphatic heterocycles. The molecule has 0 aromatic carbocycles. The van der Waals surface area contributed by atoms with E-state index >= 15 is 0 Å². The predicted molar refractivity (Wildman–Crippen MR) is 53.1 cm³/mol. The Morgan fingerprint density at radius 1 is 1.50 bits per heavy atom. The highest BCUT2D eigenvalue weighted by Crippen LogP contribution is 2.34. The molecule has 3 heteroatoms. The number of nitrogens with one attached hydrogen (secondary N) is 1. The van der Waals surface area contributed by atoms with Crippen LogP contribution in [0.2, 0.25) is 0 Å². The minimum Gasteiger partial charge on any atom is -0.360 e. The topological polar surface area (TPSA) is 45.8 Å². The second kappa shape index (κ2) is 2.67. The summed E-state index contributed by atoms with van der Waals surface area (Å²) in [6, 6.07) is 1.89. The summed E-state index contributed by atoms with van der Waals surface area (Å²) in [7, 11) is 0. The molecule has 0 saturated heterocycles. The second-order valence-electron chi connectivity index (χ2n) is 3.76. The maximum absolute atomic E-state index is 11.8. The van der Waals surface area contributed by atoms with Crippen molar-refractivity contribution < 1.29 is 4.79 Å². The third-order valence-electron chi connectivity index (χ3n) is 2.70. The molecule has 1 aliphatic rings. The van der Waals surface area contributed by atoms with E-state index in [2.05, 4.69) is 9.97 Å². The maximum atomic E-state index is 11.8. The number of rotatable bonds is 2. The summed E-state index contributed by atoms with van der Waals surface area (Å²) in [6.45, 7) is 0. The lowest BCUT2D eigenvalue weighted by molar-refractivity contribution is 0.0969. The summed E-state index contributed by atoms with van der Waals surface area (Å²) in [5.74, 6) is 0.540. The van der Waals surface area contributed by atoms with Crippen LogP contribution in [0.25, 0.3) is 10.9 Å². The number of nitrogens with zero attached hydrogens (tertiary/aromatic N) is 1. The van der Waals surface area contributed by atoms with E-state index in [9.17, 15) is 4.79 Å². The SMILES string of the molecule is O=C(c1c[nH]c2ccncc12)C1CC1. The van der Waals surface area contributed by atoms with Crippen molar-refractivity contribution in [2.45, 2.75) is 12.8 Å². The number of hydrogen-bond acceptors (Lipinski definition) is 2. The predicted octanol–water partition coefficient (Wildman–Crippen LogP) is 2.16. The van der Waals surface area contributed by atoms with Gasteiger partial charge >= 0.3 is 0 Å². The first kappa shape index (κ1) is 7.74. The molecule has 14 heavy (non-hydrogen) atoms. The molecule has 3 rings (SSSR count). The average Bonchev–Trinajstić information content (AvgIpc) is 2.97. The Kier molecular flexibility index (Phi) is 1.48. The Labute approximate surface area is 81.2 Å². The zero-order chi connectivity index (χ0) is 9.54. The van der Waals surface area contributed by atoms with Gasteiger partial charge in [-0.05, 0) is 18.9 Å². The van der Waals surface area contributed by atoms with Crippen LogP contribution in [0.5, 0.6) is 0 Å². The molecule has 2 heterocycles. The van der Waals surface area contributed by atoms with E-state index in [0.29, 0.717) is 0 Å². The number of pyridine rings is 1. The highest BCUT2D eigenvalue weighted by molar-refractivity contribution is 6.09. The molecule has 2 aromatic rings. The molecule has 0 atom stereocenters. The third-order valence-corrected chi connectivity index (χ3v) is 2.70. The van der Waals surface area contributed by atoms with Gasteiger partial charge in [-0.3, -0.25) is 9.78 Å². The van der Waals surface area contributed by atoms with Gasteiger partial charge in [-0.2, -0.15) is 0 Å². The Balaban J connectivity index is 2.16. The molecule has 1 aliphatic carbocycles. The van der Waals surface area contributed by atoms with Crippen molar-refractivity contribution in [2.75, 3.05) is 0 Å². The van der Waals surface area contributed by atoms with Crippen molar-refractivity contribution in [3.8, 4) is 0 Å². The van der Waals surface area contributed by atoms with Crippen molar-refractivity contribution in [3.05, 3.63) is 30.2 Å². The van der Waals surface area contributed by atoms with Crippen LogP contribution in [-0.2, 0) is 0 Å². The van der Waals surface area contributed by atoms with Crippen LogP contribution in [0.1, 0.15) is 23.2 Å². The van der Waals surface area contributed by atoms with Crippen molar-refractivity contribution in [2.24, 2.45) is 5.92 Å². The largest absolute Gasteiger partial charge is 0.360 e. The van der Waals surface area contributed by atoms with Crippen LogP contribution >= 0.6 is 0 Å². The van der Waals surface area contributed by atoms with E-state index in [0.717, 1.165) is 29.3 Å². The molecule has 0 amide bonds. The molecule has 1 N–H and O–H groups in total. The Morgan fingerprint density at radius 2 is 2.36 bits per heavy atom. The lowest BCUT2D eigenvalue weighted by atomic mass is 10.1. The number of carbonyl (C=O) groups is 1. The molecule has 0 spiro atoms. The Hall–Kier alpha value is -1.64. The van der Waals surface area contributed by atoms with Gasteiger partial charge in [0.25, 0.3) is 0 Å². The quantitative estimate of drug-likeness (QED) is 0.730. The van der Waals surface area contributed by atoms with E-state index in [1.165, 1.54) is 0 Å². The molecule has 1 saturated carbocycles. The first-order valence-electron chi connectivity index (χ1n) is 4.81. The van der Waals surface area contributed by atoms with Crippen LogP contribution in [0.15, 0.2) is 24.7 Å².